The predicted molar refractivity (Wildman–Crippen MR) is 67.6 cm³/mol. The molecular weight excluding hydrogens is 202 g/mol. The van der Waals surface area contributed by atoms with Crippen LogP contribution in [-0.2, 0) is 0 Å². The van der Waals surface area contributed by atoms with Gasteiger partial charge in [0.05, 0.1) is 0 Å². The summed E-state index contributed by atoms with van der Waals surface area (Å²) in [4.78, 5) is 10.6. The quantitative estimate of drug-likeness (QED) is 0.715. The molecule has 0 heterocycles. The van der Waals surface area contributed by atoms with Gasteiger partial charge in [-0.15, -0.1) is 0 Å². The van der Waals surface area contributed by atoms with Gasteiger partial charge in [0.15, 0.2) is 0 Å². The molecule has 0 aliphatic heterocycles. The number of nitrogens with two attached hydrogens (primary N) is 1. The van der Waals surface area contributed by atoms with Gasteiger partial charge in [0.2, 0.25) is 0 Å². The Kier molecular flexibility index (Phi) is 4.64. The van der Waals surface area contributed by atoms with Gasteiger partial charge in [0, 0.05) is 17.9 Å². The first-order chi connectivity index (χ1) is 7.61. The normalized spacial score (nSPS) is 11.9. The van der Waals surface area contributed by atoms with E-state index in [9.17, 15) is 4.79 Å². The van der Waals surface area contributed by atoms with Crippen LogP contribution in [0.25, 0.3) is 0 Å². The van der Waals surface area contributed by atoms with E-state index in [2.05, 4.69) is 24.5 Å². The van der Waals surface area contributed by atoms with Gasteiger partial charge >= 0.3 is 6.03 Å². The second-order valence-electron chi connectivity index (χ2n) is 3.96. The first-order valence-corrected chi connectivity index (χ1v) is 5.52. The van der Waals surface area contributed by atoms with Gasteiger partial charge in [0.25, 0.3) is 0 Å². The van der Waals surface area contributed by atoms with E-state index in [-0.39, 0.29) is 0 Å². The third-order valence-corrected chi connectivity index (χ3v) is 2.50. The van der Waals surface area contributed by atoms with Crippen LogP contribution in [0.15, 0.2) is 24.3 Å². The Morgan fingerprint density at radius 2 is 1.88 bits per heavy atom. The van der Waals surface area contributed by atoms with E-state index in [1.54, 1.807) is 0 Å². The molecule has 0 bridgehead atoms. The van der Waals surface area contributed by atoms with Crippen LogP contribution in [0.4, 0.5) is 16.2 Å². The topological polar surface area (TPSA) is 67.2 Å². The molecule has 0 fully saturated rings. The Morgan fingerprint density at radius 1 is 1.31 bits per heavy atom. The number of nitrogens with one attached hydrogen (secondary N) is 2. The molecule has 0 saturated carbocycles. The van der Waals surface area contributed by atoms with Crippen LogP contribution in [0.5, 0.6) is 0 Å². The van der Waals surface area contributed by atoms with Gasteiger partial charge in [-0.3, -0.25) is 0 Å². The number of benzene rings is 1. The molecule has 4 N–H and O–H groups in total. The zero-order chi connectivity index (χ0) is 12.0. The maximum atomic E-state index is 10.6. The highest BCUT2D eigenvalue weighted by Crippen LogP contribution is 2.14. The maximum absolute atomic E-state index is 10.6. The SMILES string of the molecule is CCC(C)CNc1ccc(NC(N)=O)cc1. The summed E-state index contributed by atoms with van der Waals surface area (Å²) in [6.45, 7) is 5.33. The molecule has 4 heteroatoms. The van der Waals surface area contributed by atoms with E-state index in [4.69, 9.17) is 5.73 Å². The van der Waals surface area contributed by atoms with E-state index in [1.807, 2.05) is 24.3 Å². The lowest BCUT2D eigenvalue weighted by Crippen LogP contribution is -2.19. The average molecular weight is 221 g/mol. The van der Waals surface area contributed by atoms with Gasteiger partial charge in [-0.05, 0) is 30.2 Å². The van der Waals surface area contributed by atoms with E-state index >= 15 is 0 Å². The van der Waals surface area contributed by atoms with E-state index in [0.717, 1.165) is 18.7 Å². The summed E-state index contributed by atoms with van der Waals surface area (Å²) in [5.74, 6) is 0.656. The molecule has 0 aliphatic rings. The van der Waals surface area contributed by atoms with Crippen molar-refractivity contribution in [2.24, 2.45) is 11.7 Å². The van der Waals surface area contributed by atoms with Crippen LogP contribution in [-0.4, -0.2) is 12.6 Å². The second-order valence-corrected chi connectivity index (χ2v) is 3.96. The summed E-state index contributed by atoms with van der Waals surface area (Å²) in [7, 11) is 0. The zero-order valence-corrected chi connectivity index (χ0v) is 9.79. The highest BCUT2D eigenvalue weighted by Gasteiger charge is 1.99. The van der Waals surface area contributed by atoms with E-state index < -0.39 is 6.03 Å². The molecular formula is C12H19N3O. The van der Waals surface area contributed by atoms with Crippen molar-refractivity contribution in [3.8, 4) is 0 Å². The van der Waals surface area contributed by atoms with Crippen LogP contribution >= 0.6 is 0 Å². The van der Waals surface area contributed by atoms with E-state index in [1.165, 1.54) is 0 Å². The fraction of sp³-hybridized carbons (Fsp3) is 0.417. The molecule has 4 nitrogen and oxygen atoms in total. The molecule has 0 aliphatic carbocycles. The average Bonchev–Trinajstić information content (AvgIpc) is 2.27. The largest absolute Gasteiger partial charge is 0.385 e. The van der Waals surface area contributed by atoms with Gasteiger partial charge in [-0.25, -0.2) is 4.79 Å². The summed E-state index contributed by atoms with van der Waals surface area (Å²) in [5.41, 5.74) is 6.77. The van der Waals surface area contributed by atoms with Gasteiger partial charge in [-0.1, -0.05) is 20.3 Å². The fourth-order valence-corrected chi connectivity index (χ4v) is 1.25. The van der Waals surface area contributed by atoms with Crippen LogP contribution in [0.2, 0.25) is 0 Å². The number of carbonyl (C=O) groups is 1. The number of amides is 2. The molecule has 0 radical (unpaired) electrons. The summed E-state index contributed by atoms with van der Waals surface area (Å²) < 4.78 is 0. The summed E-state index contributed by atoms with van der Waals surface area (Å²) >= 11 is 0. The van der Waals surface area contributed by atoms with Crippen molar-refractivity contribution >= 4 is 17.4 Å². The molecule has 1 aromatic rings. The van der Waals surface area contributed by atoms with Crippen molar-refractivity contribution in [1.29, 1.82) is 0 Å². The number of carbonyl (C=O) groups excluding carboxylic acids is 1. The van der Waals surface area contributed by atoms with Crippen LogP contribution < -0.4 is 16.4 Å². The summed E-state index contributed by atoms with van der Waals surface area (Å²) in [5, 5.41) is 5.85. The van der Waals surface area contributed by atoms with E-state index in [0.29, 0.717) is 11.6 Å². The van der Waals surface area contributed by atoms with Crippen LogP contribution in [0.3, 0.4) is 0 Å². The Hall–Kier alpha value is -1.71. The van der Waals surface area contributed by atoms with Crippen molar-refractivity contribution in [1.82, 2.24) is 0 Å². The number of hydrogen-bond acceptors (Lipinski definition) is 2. The van der Waals surface area contributed by atoms with Gasteiger partial charge < -0.3 is 16.4 Å². The number of hydrogen-bond donors (Lipinski definition) is 3. The molecule has 0 saturated heterocycles. The molecule has 2 amide bonds. The van der Waals surface area contributed by atoms with Crippen molar-refractivity contribution in [2.45, 2.75) is 20.3 Å². The first kappa shape index (κ1) is 12.4. The molecule has 1 atom stereocenters. The molecule has 0 aromatic heterocycles. The minimum absolute atomic E-state index is 0.541. The van der Waals surface area contributed by atoms with Crippen molar-refractivity contribution < 1.29 is 4.79 Å². The van der Waals surface area contributed by atoms with Gasteiger partial charge in [0.1, 0.15) is 0 Å². The molecule has 0 spiro atoms. The number of anilines is 2. The first-order valence-electron chi connectivity index (χ1n) is 5.52. The third kappa shape index (κ3) is 4.21. The highest BCUT2D eigenvalue weighted by molar-refractivity contribution is 5.87. The number of rotatable bonds is 5. The minimum Gasteiger partial charge on any atom is -0.385 e. The fourth-order valence-electron chi connectivity index (χ4n) is 1.25. The maximum Gasteiger partial charge on any atom is 0.316 e. The molecule has 88 valence electrons. The predicted octanol–water partition coefficient (Wildman–Crippen LogP) is 2.64. The van der Waals surface area contributed by atoms with Crippen molar-refractivity contribution in [2.75, 3.05) is 17.2 Å². The number of primary amides is 1. The van der Waals surface area contributed by atoms with Crippen molar-refractivity contribution in [3.63, 3.8) is 0 Å². The Balaban J connectivity index is 2.48. The highest BCUT2D eigenvalue weighted by atomic mass is 16.2. The second kappa shape index (κ2) is 6.00. The Labute approximate surface area is 96.2 Å². The lowest BCUT2D eigenvalue weighted by Gasteiger charge is -2.11. The smallest absolute Gasteiger partial charge is 0.316 e. The van der Waals surface area contributed by atoms with Gasteiger partial charge in [-0.2, -0.15) is 0 Å². The minimum atomic E-state index is -0.541. The molecule has 1 unspecified atom stereocenters. The Bertz CT molecular complexity index is 335. The molecule has 16 heavy (non-hydrogen) atoms. The summed E-state index contributed by atoms with van der Waals surface area (Å²) in [6, 6.07) is 6.95. The van der Waals surface area contributed by atoms with Crippen LogP contribution in [0, 0.1) is 5.92 Å². The van der Waals surface area contributed by atoms with Crippen molar-refractivity contribution in [3.05, 3.63) is 24.3 Å². The number of urea groups is 1. The lowest BCUT2D eigenvalue weighted by atomic mass is 10.1. The lowest BCUT2D eigenvalue weighted by molar-refractivity contribution is 0.259. The summed E-state index contributed by atoms with van der Waals surface area (Å²) in [6.07, 6.45) is 1.16. The molecule has 1 rings (SSSR count). The Morgan fingerprint density at radius 3 is 2.38 bits per heavy atom. The molecule has 1 aromatic carbocycles. The van der Waals surface area contributed by atoms with Crippen LogP contribution in [0.1, 0.15) is 20.3 Å². The monoisotopic (exact) mass is 221 g/mol. The third-order valence-electron chi connectivity index (χ3n) is 2.50. The zero-order valence-electron chi connectivity index (χ0n) is 9.79. The standard InChI is InChI=1S/C12H19N3O/c1-3-9(2)8-14-10-4-6-11(7-5-10)15-12(13)16/h4-7,9,14H,3,8H2,1-2H3,(H3,13,15,16).